The zero-order valence-corrected chi connectivity index (χ0v) is 12.5. The molecule has 7 heteroatoms. The number of aryl methyl sites for hydroxylation is 1. The van der Waals surface area contributed by atoms with Crippen molar-refractivity contribution >= 4 is 33.2 Å². The maximum Gasteiger partial charge on any atom is 0.329 e. The highest BCUT2D eigenvalue weighted by molar-refractivity contribution is 7.18. The van der Waals surface area contributed by atoms with Gasteiger partial charge in [0.2, 0.25) is 0 Å². The summed E-state index contributed by atoms with van der Waals surface area (Å²) in [7, 11) is 0. The monoisotopic (exact) mass is 324 g/mol. The van der Waals surface area contributed by atoms with Gasteiger partial charge in [-0.3, -0.25) is 14.3 Å². The molecule has 0 atom stereocenters. The molecule has 108 valence electrons. The normalized spacial score (nSPS) is 11.2. The minimum atomic E-state index is -0.575. The van der Waals surface area contributed by atoms with E-state index in [1.165, 1.54) is 29.5 Å². The summed E-state index contributed by atoms with van der Waals surface area (Å²) in [5.41, 5.74) is -0.899. The molecule has 1 aromatic carbocycles. The summed E-state index contributed by atoms with van der Waals surface area (Å²) in [6.45, 7) is 1.64. The quantitative estimate of drug-likeness (QED) is 0.788. The van der Waals surface area contributed by atoms with Crippen LogP contribution in [0.25, 0.3) is 10.2 Å². The van der Waals surface area contributed by atoms with Crippen molar-refractivity contribution in [2.45, 2.75) is 13.5 Å². The lowest BCUT2D eigenvalue weighted by molar-refractivity contribution is 0.591. The number of hydrogen-bond acceptors (Lipinski definition) is 3. The summed E-state index contributed by atoms with van der Waals surface area (Å²) in [5, 5.41) is 0.604. The van der Waals surface area contributed by atoms with Crippen LogP contribution >= 0.6 is 22.9 Å². The van der Waals surface area contributed by atoms with Gasteiger partial charge in [0.25, 0.3) is 5.56 Å². The molecule has 2 aromatic heterocycles. The average Bonchev–Trinajstić information content (AvgIpc) is 2.78. The van der Waals surface area contributed by atoms with Gasteiger partial charge in [0, 0.05) is 15.5 Å². The molecular weight excluding hydrogens is 315 g/mol. The number of H-pyrrole nitrogens is 1. The van der Waals surface area contributed by atoms with Crippen LogP contribution in [0.5, 0.6) is 0 Å². The molecule has 0 aliphatic carbocycles. The van der Waals surface area contributed by atoms with Crippen LogP contribution in [0.2, 0.25) is 5.02 Å². The van der Waals surface area contributed by atoms with E-state index < -0.39 is 17.1 Å². The fourth-order valence-electron chi connectivity index (χ4n) is 2.15. The number of thiophene rings is 1. The van der Waals surface area contributed by atoms with Crippen molar-refractivity contribution in [3.8, 4) is 0 Å². The highest BCUT2D eigenvalue weighted by Crippen LogP contribution is 2.21. The molecule has 21 heavy (non-hydrogen) atoms. The zero-order valence-electron chi connectivity index (χ0n) is 10.9. The molecule has 0 amide bonds. The fraction of sp³-hybridized carbons (Fsp3) is 0.143. The van der Waals surface area contributed by atoms with Gasteiger partial charge in [0.15, 0.2) is 0 Å². The number of hydrogen-bond donors (Lipinski definition) is 1. The Hall–Kier alpha value is -1.92. The Kier molecular flexibility index (Phi) is 3.43. The molecule has 1 N–H and O–H groups in total. The van der Waals surface area contributed by atoms with Crippen LogP contribution in [-0.2, 0) is 6.54 Å². The number of halogens is 2. The lowest BCUT2D eigenvalue weighted by atomic mass is 10.2. The van der Waals surface area contributed by atoms with Gasteiger partial charge in [0.1, 0.15) is 10.6 Å². The summed E-state index contributed by atoms with van der Waals surface area (Å²) in [6, 6.07) is 5.94. The Morgan fingerprint density at radius 3 is 2.86 bits per heavy atom. The third-order valence-electron chi connectivity index (χ3n) is 3.17. The van der Waals surface area contributed by atoms with Crippen LogP contribution < -0.4 is 11.2 Å². The topological polar surface area (TPSA) is 54.9 Å². The third-order valence-corrected chi connectivity index (χ3v) is 4.49. The van der Waals surface area contributed by atoms with Crippen molar-refractivity contribution in [3.63, 3.8) is 0 Å². The first-order chi connectivity index (χ1) is 9.97. The van der Waals surface area contributed by atoms with Crippen molar-refractivity contribution < 1.29 is 4.39 Å². The second kappa shape index (κ2) is 5.13. The SMILES string of the molecule is Cc1cc2c(=O)n(Cc3c(F)cccc3Cl)c(=O)[nH]c2s1. The molecular formula is C14H10ClFN2O2S. The summed E-state index contributed by atoms with van der Waals surface area (Å²) in [6.07, 6.45) is 0. The molecule has 0 saturated heterocycles. The zero-order chi connectivity index (χ0) is 15.1. The molecule has 0 aliphatic rings. The lowest BCUT2D eigenvalue weighted by Crippen LogP contribution is -2.35. The van der Waals surface area contributed by atoms with Crippen molar-refractivity contribution in [1.29, 1.82) is 0 Å². The number of nitrogens with one attached hydrogen (secondary N) is 1. The van der Waals surface area contributed by atoms with Gasteiger partial charge in [-0.1, -0.05) is 17.7 Å². The maximum atomic E-state index is 13.8. The molecule has 0 bridgehead atoms. The van der Waals surface area contributed by atoms with Gasteiger partial charge in [-0.25, -0.2) is 9.18 Å². The highest BCUT2D eigenvalue weighted by atomic mass is 35.5. The highest BCUT2D eigenvalue weighted by Gasteiger charge is 2.14. The van der Waals surface area contributed by atoms with E-state index >= 15 is 0 Å². The van der Waals surface area contributed by atoms with Crippen LogP contribution in [0.4, 0.5) is 4.39 Å². The van der Waals surface area contributed by atoms with Crippen LogP contribution in [0.15, 0.2) is 33.9 Å². The summed E-state index contributed by atoms with van der Waals surface area (Å²) >= 11 is 7.27. The molecule has 2 heterocycles. The van der Waals surface area contributed by atoms with Gasteiger partial charge in [-0.15, -0.1) is 11.3 Å². The smallest absolute Gasteiger partial charge is 0.298 e. The average molecular weight is 325 g/mol. The summed E-state index contributed by atoms with van der Waals surface area (Å²) in [5.74, 6) is -0.546. The Labute approximate surface area is 127 Å². The molecule has 0 spiro atoms. The number of benzene rings is 1. The van der Waals surface area contributed by atoms with Crippen molar-refractivity contribution in [2.75, 3.05) is 0 Å². The lowest BCUT2D eigenvalue weighted by Gasteiger charge is -2.07. The molecule has 0 fully saturated rings. The number of rotatable bonds is 2. The van der Waals surface area contributed by atoms with E-state index in [0.29, 0.717) is 10.2 Å². The minimum Gasteiger partial charge on any atom is -0.298 e. The molecule has 0 radical (unpaired) electrons. The standard InChI is InChI=1S/C14H10ClFN2O2S/c1-7-5-8-12(21-7)17-14(20)18(13(8)19)6-9-10(15)3-2-4-11(9)16/h2-5H,6H2,1H3,(H,17,20). The molecule has 0 saturated carbocycles. The summed E-state index contributed by atoms with van der Waals surface area (Å²) in [4.78, 5) is 28.5. The van der Waals surface area contributed by atoms with E-state index in [4.69, 9.17) is 11.6 Å². The Bertz CT molecular complexity index is 937. The largest absolute Gasteiger partial charge is 0.329 e. The molecule has 4 nitrogen and oxygen atoms in total. The van der Waals surface area contributed by atoms with Crippen molar-refractivity contribution in [1.82, 2.24) is 9.55 Å². The maximum absolute atomic E-state index is 13.8. The van der Waals surface area contributed by atoms with Crippen LogP contribution in [0.3, 0.4) is 0 Å². The van der Waals surface area contributed by atoms with Gasteiger partial charge >= 0.3 is 5.69 Å². The van der Waals surface area contributed by atoms with Crippen molar-refractivity contribution in [2.24, 2.45) is 0 Å². The Morgan fingerprint density at radius 1 is 1.38 bits per heavy atom. The predicted molar refractivity (Wildman–Crippen MR) is 82.0 cm³/mol. The van der Waals surface area contributed by atoms with Gasteiger partial charge in [0.05, 0.1) is 11.9 Å². The van der Waals surface area contributed by atoms with Crippen LogP contribution in [0, 0.1) is 12.7 Å². The molecule has 3 aromatic rings. The van der Waals surface area contributed by atoms with Gasteiger partial charge < -0.3 is 0 Å². The first-order valence-electron chi connectivity index (χ1n) is 6.13. The second-order valence-corrected chi connectivity index (χ2v) is 6.29. The van der Waals surface area contributed by atoms with Gasteiger partial charge in [-0.2, -0.15) is 0 Å². The van der Waals surface area contributed by atoms with E-state index in [-0.39, 0.29) is 17.1 Å². The Morgan fingerprint density at radius 2 is 2.14 bits per heavy atom. The van der Waals surface area contributed by atoms with E-state index in [9.17, 15) is 14.0 Å². The number of fused-ring (bicyclic) bond motifs is 1. The molecule has 0 unspecified atom stereocenters. The third kappa shape index (κ3) is 2.41. The van der Waals surface area contributed by atoms with Crippen LogP contribution in [0.1, 0.15) is 10.4 Å². The van der Waals surface area contributed by atoms with E-state index in [1.807, 2.05) is 6.92 Å². The van der Waals surface area contributed by atoms with Crippen molar-refractivity contribution in [3.05, 3.63) is 66.4 Å². The summed E-state index contributed by atoms with van der Waals surface area (Å²) < 4.78 is 14.8. The second-order valence-electron chi connectivity index (χ2n) is 4.62. The van der Waals surface area contributed by atoms with E-state index in [1.54, 1.807) is 6.07 Å². The first kappa shape index (κ1) is 14.0. The number of aromatic amines is 1. The van der Waals surface area contributed by atoms with Gasteiger partial charge in [-0.05, 0) is 25.1 Å². The fourth-order valence-corrected chi connectivity index (χ4v) is 3.27. The van der Waals surface area contributed by atoms with Crippen LogP contribution in [-0.4, -0.2) is 9.55 Å². The molecule has 3 rings (SSSR count). The number of aromatic nitrogens is 2. The predicted octanol–water partition coefficient (Wildman–Crippen LogP) is 2.90. The first-order valence-corrected chi connectivity index (χ1v) is 7.33. The van der Waals surface area contributed by atoms with E-state index in [0.717, 1.165) is 9.44 Å². The Balaban J connectivity index is 2.22. The number of nitrogens with zero attached hydrogens (tertiary/aromatic N) is 1. The minimum absolute atomic E-state index is 0.123. The molecule has 0 aliphatic heterocycles. The van der Waals surface area contributed by atoms with E-state index in [2.05, 4.69) is 4.98 Å².